The van der Waals surface area contributed by atoms with Crippen LogP contribution in [0.5, 0.6) is 0 Å². The molecule has 3 rings (SSSR count). The number of halogens is 8. The van der Waals surface area contributed by atoms with Gasteiger partial charge in [-0.05, 0) is 0 Å². The second-order valence-corrected chi connectivity index (χ2v) is 11.5. The number of hydrogen-bond acceptors (Lipinski definition) is 5. The van der Waals surface area contributed by atoms with Crippen LogP contribution in [-0.4, -0.2) is 42.2 Å². The van der Waals surface area contributed by atoms with Gasteiger partial charge in [0.2, 0.25) is 0 Å². The van der Waals surface area contributed by atoms with Crippen molar-refractivity contribution in [2.45, 2.75) is 56.8 Å². The maximum absolute atomic E-state index is 13.2. The van der Waals surface area contributed by atoms with Crippen LogP contribution in [0, 0.1) is 0 Å². The summed E-state index contributed by atoms with van der Waals surface area (Å²) in [5, 5.41) is 9.74. The number of carbonyl (C=O) groups excluding carboxylic acids is 1. The molecule has 140 valence electrons. The van der Waals surface area contributed by atoms with Crippen LogP contribution in [0.3, 0.4) is 0 Å². The second kappa shape index (κ2) is 5.45. The van der Waals surface area contributed by atoms with Gasteiger partial charge in [-0.15, -0.1) is 0 Å². The normalized spacial score (nSPS) is 27.4. The standard InChI is InChI=1S/C11H12F6I2N2O3/c12-10(13,14)9(23,11(15,16)17)7(3-1-2-4-7)24-6(22)5(18)8-19(20-8)21-8/h5,20-21,23H,1-4H2. The molecule has 0 aromatic heterocycles. The average Bonchev–Trinajstić information content (AvgIpc) is 3.23. The number of alkyl halides is 8. The third-order valence-corrected chi connectivity index (χ3v) is 11.6. The SMILES string of the molecule is O=C(OC1(C(O)(C(F)(F)F)C(F)(F)F)CCCC1)C(I)C12NI1N2. The Bertz CT molecular complexity index is 543. The van der Waals surface area contributed by atoms with Gasteiger partial charge in [0.25, 0.3) is 0 Å². The van der Waals surface area contributed by atoms with E-state index in [1.807, 2.05) is 0 Å². The number of esters is 1. The Morgan fingerprint density at radius 2 is 1.54 bits per heavy atom. The first-order chi connectivity index (χ1) is 10.8. The van der Waals surface area contributed by atoms with Crippen molar-refractivity contribution in [2.24, 2.45) is 0 Å². The molecule has 0 spiro atoms. The first kappa shape index (κ1) is 19.2. The van der Waals surface area contributed by atoms with Crippen LogP contribution in [0.25, 0.3) is 0 Å². The van der Waals surface area contributed by atoms with Crippen LogP contribution in [0.1, 0.15) is 25.7 Å². The van der Waals surface area contributed by atoms with Gasteiger partial charge in [0.15, 0.2) is 0 Å². The number of nitrogens with one attached hydrogen (secondary N) is 2. The summed E-state index contributed by atoms with van der Waals surface area (Å²) >= 11 is 0.00653. The van der Waals surface area contributed by atoms with Crippen molar-refractivity contribution in [1.29, 1.82) is 0 Å². The van der Waals surface area contributed by atoms with Crippen LogP contribution in [0.15, 0.2) is 0 Å². The molecule has 13 heteroatoms. The molecule has 24 heavy (non-hydrogen) atoms. The van der Waals surface area contributed by atoms with Gasteiger partial charge in [0, 0.05) is 0 Å². The van der Waals surface area contributed by atoms with Gasteiger partial charge in [0.1, 0.15) is 0 Å². The van der Waals surface area contributed by atoms with Crippen molar-refractivity contribution < 1.29 is 41.0 Å². The molecule has 1 unspecified atom stereocenters. The van der Waals surface area contributed by atoms with Crippen LogP contribution in [0.4, 0.5) is 26.3 Å². The van der Waals surface area contributed by atoms with Gasteiger partial charge < -0.3 is 0 Å². The second-order valence-electron chi connectivity index (χ2n) is 5.88. The molecular weight excluding hydrogens is 576 g/mol. The summed E-state index contributed by atoms with van der Waals surface area (Å²) in [6.07, 6.45) is -13.5. The number of hydrogen-bond donors (Lipinski definition) is 3. The summed E-state index contributed by atoms with van der Waals surface area (Å²) in [6.45, 7) is 0. The topological polar surface area (TPSA) is 90.4 Å². The third-order valence-electron chi connectivity index (χ3n) is 4.43. The number of aliphatic hydroxyl groups is 1. The number of ether oxygens (including phenoxy) is 1. The van der Waals surface area contributed by atoms with E-state index in [0.717, 1.165) is 0 Å². The first-order valence-electron chi connectivity index (χ1n) is 6.79. The summed E-state index contributed by atoms with van der Waals surface area (Å²) in [4.78, 5) is 12.2. The monoisotopic (exact) mass is 588 g/mol. The van der Waals surface area contributed by atoms with Crippen molar-refractivity contribution in [3.05, 3.63) is 0 Å². The van der Waals surface area contributed by atoms with Crippen molar-refractivity contribution >= 4 is 48.9 Å². The molecule has 2 heterocycles. The van der Waals surface area contributed by atoms with Crippen molar-refractivity contribution in [3.63, 3.8) is 0 Å². The molecule has 0 aromatic rings. The summed E-state index contributed by atoms with van der Waals surface area (Å²) in [5.74, 6) is -1.18. The van der Waals surface area contributed by atoms with Crippen molar-refractivity contribution in [1.82, 2.24) is 7.06 Å². The Hall–Kier alpha value is 0.390. The molecule has 2 saturated heterocycles. The van der Waals surface area contributed by atoms with E-state index in [2.05, 4.69) is 7.06 Å². The quantitative estimate of drug-likeness (QED) is 0.0895. The predicted molar refractivity (Wildman–Crippen MR) is 85.2 cm³/mol. The van der Waals surface area contributed by atoms with E-state index in [-0.39, 0.29) is 12.8 Å². The minimum atomic E-state index is -6.02. The molecule has 1 saturated carbocycles. The average molecular weight is 588 g/mol. The molecular formula is C11H12F6I2N2O3. The number of rotatable bonds is 4. The molecule has 3 fully saturated rings. The van der Waals surface area contributed by atoms with Gasteiger partial charge in [-0.2, -0.15) is 0 Å². The minimum absolute atomic E-state index is 0.00615. The van der Waals surface area contributed by atoms with E-state index in [4.69, 9.17) is 4.74 Å². The van der Waals surface area contributed by atoms with Crippen LogP contribution in [-0.2, 0) is 9.53 Å². The van der Waals surface area contributed by atoms with Gasteiger partial charge >= 0.3 is 154 Å². The molecule has 0 radical (unpaired) electrons. The van der Waals surface area contributed by atoms with Gasteiger partial charge in [0.05, 0.1) is 0 Å². The number of carbonyl (C=O) groups is 1. The molecule has 3 aliphatic rings. The van der Waals surface area contributed by atoms with Crippen LogP contribution in [0.2, 0.25) is 0 Å². The van der Waals surface area contributed by atoms with E-state index in [9.17, 15) is 36.2 Å². The van der Waals surface area contributed by atoms with Crippen molar-refractivity contribution in [3.8, 4) is 0 Å². The zero-order valence-electron chi connectivity index (χ0n) is 11.7. The fourth-order valence-electron chi connectivity index (χ4n) is 3.00. The number of fused-ring (bicyclic) bond motifs is 1. The summed E-state index contributed by atoms with van der Waals surface area (Å²) in [6, 6.07) is 0. The van der Waals surface area contributed by atoms with E-state index in [1.165, 1.54) is 0 Å². The third kappa shape index (κ3) is 2.55. The van der Waals surface area contributed by atoms with Crippen LogP contribution < -0.4 is 7.06 Å². The molecule has 1 atom stereocenters. The Kier molecular flexibility index (Phi) is 4.35. The van der Waals surface area contributed by atoms with E-state index in [0.29, 0.717) is 0 Å². The molecule has 0 amide bonds. The van der Waals surface area contributed by atoms with Crippen molar-refractivity contribution in [2.75, 3.05) is 0 Å². The maximum atomic E-state index is 13.2. The molecule has 0 bridgehead atoms. The molecule has 2 aliphatic heterocycles. The Balaban J connectivity index is 1.93. The van der Waals surface area contributed by atoms with E-state index >= 15 is 0 Å². The van der Waals surface area contributed by atoms with Crippen LogP contribution >= 0.6 is 43.0 Å². The molecule has 1 aliphatic carbocycles. The molecule has 5 nitrogen and oxygen atoms in total. The Morgan fingerprint density at radius 3 is 1.88 bits per heavy atom. The molecule has 0 aromatic carbocycles. The van der Waals surface area contributed by atoms with E-state index in [1.54, 1.807) is 22.6 Å². The summed E-state index contributed by atoms with van der Waals surface area (Å²) in [5.41, 5.74) is -8.15. The van der Waals surface area contributed by atoms with E-state index < -0.39 is 70.3 Å². The predicted octanol–water partition coefficient (Wildman–Crippen LogP) is 2.70. The van der Waals surface area contributed by atoms with Gasteiger partial charge in [-0.3, -0.25) is 0 Å². The Morgan fingerprint density at radius 1 is 1.12 bits per heavy atom. The first-order valence-corrected chi connectivity index (χ1v) is 11.3. The zero-order chi connectivity index (χ0) is 18.2. The fraction of sp³-hybridized carbons (Fsp3) is 0.909. The summed E-state index contributed by atoms with van der Waals surface area (Å²) < 4.78 is 88.4. The fourth-order valence-corrected chi connectivity index (χ4v) is 10.4. The van der Waals surface area contributed by atoms with Gasteiger partial charge in [-0.25, -0.2) is 0 Å². The Labute approximate surface area is 153 Å². The zero-order valence-corrected chi connectivity index (χ0v) is 16.0. The van der Waals surface area contributed by atoms with Gasteiger partial charge in [-0.1, -0.05) is 0 Å². The summed E-state index contributed by atoms with van der Waals surface area (Å²) in [7, 11) is 0. The molecule has 3 N–H and O–H groups in total.